The van der Waals surface area contributed by atoms with Crippen molar-refractivity contribution in [2.45, 2.75) is 4.90 Å². The van der Waals surface area contributed by atoms with Crippen LogP contribution in [0.5, 0.6) is 11.5 Å². The van der Waals surface area contributed by atoms with Gasteiger partial charge in [-0.1, -0.05) is 0 Å². The van der Waals surface area contributed by atoms with E-state index < -0.39 is 38.0 Å². The molecule has 0 heterocycles. The van der Waals surface area contributed by atoms with Gasteiger partial charge in [0.15, 0.2) is 11.5 Å². The van der Waals surface area contributed by atoms with Crippen LogP contribution in [-0.2, 0) is 10.0 Å². The van der Waals surface area contributed by atoms with E-state index in [-0.39, 0.29) is 0 Å². The van der Waals surface area contributed by atoms with E-state index in [0.717, 1.165) is 7.05 Å². The molecule has 0 aromatic heterocycles. The highest BCUT2D eigenvalue weighted by Crippen LogP contribution is 2.30. The fraction of sp³-hybridized carbons (Fsp3) is 0.125. The number of benzene rings is 1. The molecule has 1 aromatic rings. The number of aromatic carboxylic acids is 1. The number of hydrogen-bond donors (Lipinski definition) is 4. The molecule has 0 aliphatic rings. The number of rotatable bonds is 3. The number of carbonyl (C=O) groups is 1. The Morgan fingerprint density at radius 2 is 1.75 bits per heavy atom. The number of phenolic OH excluding ortho intramolecular Hbond substituents is 2. The number of carboxylic acid groups (broad SMARTS) is 1. The van der Waals surface area contributed by atoms with E-state index in [0.29, 0.717) is 12.1 Å². The molecule has 0 aliphatic carbocycles. The van der Waals surface area contributed by atoms with Gasteiger partial charge in [0.1, 0.15) is 4.90 Å². The van der Waals surface area contributed by atoms with Gasteiger partial charge in [-0.05, 0) is 13.1 Å². The topological polar surface area (TPSA) is 124 Å². The number of carboxylic acids is 1. The smallest absolute Gasteiger partial charge is 0.337 e. The van der Waals surface area contributed by atoms with Gasteiger partial charge in [0.2, 0.25) is 10.0 Å². The third-order valence-electron chi connectivity index (χ3n) is 1.87. The lowest BCUT2D eigenvalue weighted by Gasteiger charge is -2.08. The van der Waals surface area contributed by atoms with Crippen LogP contribution < -0.4 is 4.72 Å². The second kappa shape index (κ2) is 3.99. The summed E-state index contributed by atoms with van der Waals surface area (Å²) in [7, 11) is -2.91. The maximum absolute atomic E-state index is 11.4. The predicted octanol–water partition coefficient (Wildman–Crippen LogP) is -0.296. The maximum atomic E-state index is 11.4. The molecule has 0 radical (unpaired) electrons. The lowest BCUT2D eigenvalue weighted by molar-refractivity contribution is 0.0692. The first-order valence-corrected chi connectivity index (χ1v) is 5.50. The van der Waals surface area contributed by atoms with Crippen molar-refractivity contribution in [3.63, 3.8) is 0 Å². The maximum Gasteiger partial charge on any atom is 0.337 e. The Bertz CT molecular complexity index is 536. The van der Waals surface area contributed by atoms with Crippen molar-refractivity contribution >= 4 is 16.0 Å². The fourth-order valence-electron chi connectivity index (χ4n) is 1.06. The number of phenols is 2. The Labute approximate surface area is 91.0 Å². The Balaban J connectivity index is 3.61. The van der Waals surface area contributed by atoms with Gasteiger partial charge in [-0.2, -0.15) is 0 Å². The first kappa shape index (κ1) is 12.3. The van der Waals surface area contributed by atoms with E-state index in [2.05, 4.69) is 0 Å². The SMILES string of the molecule is CNS(=O)(=O)c1cc(O)c(O)cc1C(=O)O. The Hall–Kier alpha value is -1.80. The van der Waals surface area contributed by atoms with Gasteiger partial charge in [0, 0.05) is 6.07 Å². The summed E-state index contributed by atoms with van der Waals surface area (Å²) < 4.78 is 24.8. The van der Waals surface area contributed by atoms with E-state index >= 15 is 0 Å². The van der Waals surface area contributed by atoms with E-state index in [9.17, 15) is 13.2 Å². The molecule has 7 nitrogen and oxygen atoms in total. The standard InChI is InChI=1S/C8H9NO6S/c1-9-16(14,15)7-3-6(11)5(10)2-4(7)8(12)13/h2-3,9-11H,1H3,(H,12,13). The average molecular weight is 247 g/mol. The second-order valence-corrected chi connectivity index (χ2v) is 4.70. The summed E-state index contributed by atoms with van der Waals surface area (Å²) >= 11 is 0. The van der Waals surface area contributed by atoms with Gasteiger partial charge in [-0.15, -0.1) is 0 Å². The summed E-state index contributed by atoms with van der Waals surface area (Å²) in [5.41, 5.74) is -0.621. The monoisotopic (exact) mass is 247 g/mol. The quantitative estimate of drug-likeness (QED) is 0.544. The molecule has 0 unspecified atom stereocenters. The van der Waals surface area contributed by atoms with Crippen LogP contribution in [0.25, 0.3) is 0 Å². The first-order valence-electron chi connectivity index (χ1n) is 4.02. The third kappa shape index (κ3) is 2.07. The normalized spacial score (nSPS) is 11.3. The molecule has 8 heteroatoms. The molecule has 1 aromatic carbocycles. The van der Waals surface area contributed by atoms with E-state index in [1.54, 1.807) is 0 Å². The van der Waals surface area contributed by atoms with Crippen LogP contribution in [0.1, 0.15) is 10.4 Å². The highest BCUT2D eigenvalue weighted by atomic mass is 32.2. The Morgan fingerprint density at radius 1 is 1.25 bits per heavy atom. The minimum atomic E-state index is -4.02. The molecule has 88 valence electrons. The fourth-order valence-corrected chi connectivity index (χ4v) is 1.98. The van der Waals surface area contributed by atoms with E-state index in [1.807, 2.05) is 4.72 Å². The molecule has 4 N–H and O–H groups in total. The largest absolute Gasteiger partial charge is 0.504 e. The zero-order valence-electron chi connectivity index (χ0n) is 8.13. The van der Waals surface area contributed by atoms with Crippen LogP contribution in [0.3, 0.4) is 0 Å². The summed E-state index contributed by atoms with van der Waals surface area (Å²) in [6.07, 6.45) is 0. The number of nitrogens with one attached hydrogen (secondary N) is 1. The van der Waals surface area contributed by atoms with Crippen molar-refractivity contribution in [3.8, 4) is 11.5 Å². The van der Waals surface area contributed by atoms with Gasteiger partial charge in [-0.25, -0.2) is 17.9 Å². The molecular weight excluding hydrogens is 238 g/mol. The predicted molar refractivity (Wildman–Crippen MR) is 53.0 cm³/mol. The van der Waals surface area contributed by atoms with Gasteiger partial charge in [0.25, 0.3) is 0 Å². The molecule has 0 bridgehead atoms. The first-order chi connectivity index (χ1) is 7.29. The zero-order valence-corrected chi connectivity index (χ0v) is 8.95. The van der Waals surface area contributed by atoms with Crippen LogP contribution >= 0.6 is 0 Å². The van der Waals surface area contributed by atoms with Crippen molar-refractivity contribution in [3.05, 3.63) is 17.7 Å². The summed E-state index contributed by atoms with van der Waals surface area (Å²) in [5.74, 6) is -2.93. The van der Waals surface area contributed by atoms with Gasteiger partial charge < -0.3 is 15.3 Å². The Morgan fingerprint density at radius 3 is 2.19 bits per heavy atom. The number of aromatic hydroxyl groups is 2. The minimum Gasteiger partial charge on any atom is -0.504 e. The van der Waals surface area contributed by atoms with Crippen LogP contribution in [-0.4, -0.2) is 36.8 Å². The molecule has 1 rings (SSSR count). The summed E-state index contributed by atoms with van der Waals surface area (Å²) in [4.78, 5) is 10.1. The molecule has 0 fully saturated rings. The Kier molecular flexibility index (Phi) is 3.06. The zero-order chi connectivity index (χ0) is 12.5. The lowest BCUT2D eigenvalue weighted by Crippen LogP contribution is -2.21. The van der Waals surface area contributed by atoms with Gasteiger partial charge >= 0.3 is 5.97 Å². The number of hydrogen-bond acceptors (Lipinski definition) is 5. The van der Waals surface area contributed by atoms with Crippen LogP contribution in [0.2, 0.25) is 0 Å². The molecule has 0 aliphatic heterocycles. The molecular formula is C8H9NO6S. The second-order valence-electron chi connectivity index (χ2n) is 2.85. The third-order valence-corrected chi connectivity index (χ3v) is 3.32. The summed E-state index contributed by atoms with van der Waals surface area (Å²) in [5, 5.41) is 27.0. The molecule has 0 saturated carbocycles. The highest BCUT2D eigenvalue weighted by molar-refractivity contribution is 7.89. The average Bonchev–Trinajstić information content (AvgIpc) is 2.21. The molecule has 0 atom stereocenters. The van der Waals surface area contributed by atoms with Crippen LogP contribution in [0, 0.1) is 0 Å². The molecule has 0 saturated heterocycles. The number of sulfonamides is 1. The van der Waals surface area contributed by atoms with Crippen molar-refractivity contribution < 1.29 is 28.5 Å². The molecule has 0 spiro atoms. The van der Waals surface area contributed by atoms with E-state index in [4.69, 9.17) is 15.3 Å². The van der Waals surface area contributed by atoms with Gasteiger partial charge in [0.05, 0.1) is 5.56 Å². The highest BCUT2D eigenvalue weighted by Gasteiger charge is 2.23. The van der Waals surface area contributed by atoms with Crippen LogP contribution in [0.4, 0.5) is 0 Å². The molecule has 0 amide bonds. The van der Waals surface area contributed by atoms with Crippen molar-refractivity contribution in [1.29, 1.82) is 0 Å². The molecule has 16 heavy (non-hydrogen) atoms. The van der Waals surface area contributed by atoms with Crippen molar-refractivity contribution in [2.24, 2.45) is 0 Å². The van der Waals surface area contributed by atoms with E-state index in [1.165, 1.54) is 0 Å². The lowest BCUT2D eigenvalue weighted by atomic mass is 10.2. The summed E-state index contributed by atoms with van der Waals surface area (Å²) in [6, 6.07) is 1.34. The van der Waals surface area contributed by atoms with Gasteiger partial charge in [-0.3, -0.25) is 0 Å². The van der Waals surface area contributed by atoms with Crippen molar-refractivity contribution in [2.75, 3.05) is 7.05 Å². The minimum absolute atomic E-state index is 0.613. The van der Waals surface area contributed by atoms with Crippen LogP contribution in [0.15, 0.2) is 17.0 Å². The van der Waals surface area contributed by atoms with Crippen molar-refractivity contribution in [1.82, 2.24) is 4.72 Å². The summed E-state index contributed by atoms with van der Waals surface area (Å²) in [6.45, 7) is 0.